The summed E-state index contributed by atoms with van der Waals surface area (Å²) in [5.74, 6) is -3.43. The van der Waals surface area contributed by atoms with E-state index in [4.69, 9.17) is 0 Å². The maximum Gasteiger partial charge on any atom is 0.393 e. The van der Waals surface area contributed by atoms with Crippen LogP contribution in [-0.2, 0) is 32.0 Å². The molecule has 0 saturated carbocycles. The second-order valence-electron chi connectivity index (χ2n) is 15.2. The molecule has 0 aromatic heterocycles. The average molecular weight is 777 g/mol. The number of rotatable bonds is 12. The first-order chi connectivity index (χ1) is 26.5. The lowest BCUT2D eigenvalue weighted by molar-refractivity contribution is -0.189. The van der Waals surface area contributed by atoms with Crippen molar-refractivity contribution in [1.29, 1.82) is 0 Å². The van der Waals surface area contributed by atoms with E-state index >= 15 is 0 Å². The van der Waals surface area contributed by atoms with Gasteiger partial charge < -0.3 is 20.4 Å². The van der Waals surface area contributed by atoms with Crippen molar-refractivity contribution in [2.75, 3.05) is 23.7 Å². The molecule has 3 heterocycles. The number of halogens is 3. The Balaban J connectivity index is 1.19. The van der Waals surface area contributed by atoms with Gasteiger partial charge in [0.1, 0.15) is 12.1 Å². The predicted octanol–water partition coefficient (Wildman–Crippen LogP) is 7.24. The summed E-state index contributed by atoms with van der Waals surface area (Å²) in [5.41, 5.74) is 3.69. The van der Waals surface area contributed by atoms with Crippen LogP contribution in [0.4, 0.5) is 18.9 Å². The minimum Gasteiger partial charge on any atom is -0.344 e. The number of fused-ring (bicyclic) bond motifs is 1. The third-order valence-corrected chi connectivity index (χ3v) is 12.6. The number of nitrogens with zero attached hydrogens (tertiary/aromatic N) is 2. The molecule has 3 aromatic carbocycles. The number of nitrogens with one attached hydrogen (secondary N) is 2. The summed E-state index contributed by atoms with van der Waals surface area (Å²) in [4.78, 5) is 59.2. The van der Waals surface area contributed by atoms with E-state index in [1.54, 1.807) is 4.90 Å². The van der Waals surface area contributed by atoms with Gasteiger partial charge >= 0.3 is 6.18 Å². The molecule has 3 fully saturated rings. The predicted molar refractivity (Wildman–Crippen MR) is 209 cm³/mol. The summed E-state index contributed by atoms with van der Waals surface area (Å²) >= 11 is 1.47. The summed E-state index contributed by atoms with van der Waals surface area (Å²) in [6.45, 7) is 2.14. The highest BCUT2D eigenvalue weighted by Gasteiger charge is 2.47. The van der Waals surface area contributed by atoms with Gasteiger partial charge in [0.2, 0.25) is 23.6 Å². The molecule has 55 heavy (non-hydrogen) atoms. The molecule has 3 aromatic rings. The molecule has 12 heteroatoms. The molecule has 294 valence electrons. The number of carbonyl (C=O) groups is 4. The molecule has 3 aliphatic heterocycles. The molecule has 3 aliphatic rings. The van der Waals surface area contributed by atoms with Crippen LogP contribution in [0.2, 0.25) is 0 Å². The Morgan fingerprint density at radius 1 is 0.745 bits per heavy atom. The smallest absolute Gasteiger partial charge is 0.344 e. The van der Waals surface area contributed by atoms with Gasteiger partial charge in [0.25, 0.3) is 0 Å². The first-order valence-electron chi connectivity index (χ1n) is 19.5. The third-order valence-electron chi connectivity index (χ3n) is 11.3. The summed E-state index contributed by atoms with van der Waals surface area (Å²) in [5, 5.41) is 5.71. The van der Waals surface area contributed by atoms with Gasteiger partial charge in [0.15, 0.2) is 0 Å². The standard InChI is InChI=1S/C43H51F3N4O4S/c1-29-12-8-9-18-37(29)49-24-11-10-17-35(41(49)53)47-39(51)32(26-30-13-4-2-5-14-30)19-20-33(27-31-15-6-3-7-16-31)40(52)48-36-23-25-55-38-22-21-34(43(44,45)46)28-50(38)42(36)54/h2-9,12-16,18,32-36,38H,10-11,17,19-28H2,1H3,(H,47,51)(H,48,52)/t32?,33?,34-,35+,36+,38+/m1/s1. The fourth-order valence-corrected chi connectivity index (χ4v) is 9.42. The van der Waals surface area contributed by atoms with Gasteiger partial charge in [-0.25, -0.2) is 0 Å². The van der Waals surface area contributed by atoms with Crippen molar-refractivity contribution >= 4 is 41.1 Å². The fourth-order valence-electron chi connectivity index (χ4n) is 8.11. The minimum atomic E-state index is -4.39. The molecule has 0 aliphatic carbocycles. The van der Waals surface area contributed by atoms with Crippen LogP contribution in [0.1, 0.15) is 68.1 Å². The largest absolute Gasteiger partial charge is 0.393 e. The lowest BCUT2D eigenvalue weighted by Crippen LogP contribution is -2.55. The first kappa shape index (κ1) is 40.3. The molecule has 2 unspecified atom stereocenters. The molecular weight excluding hydrogens is 726 g/mol. The van der Waals surface area contributed by atoms with Crippen molar-refractivity contribution < 1.29 is 32.3 Å². The molecule has 0 spiro atoms. The third kappa shape index (κ3) is 10.5. The van der Waals surface area contributed by atoms with Crippen molar-refractivity contribution in [3.63, 3.8) is 0 Å². The first-order valence-corrected chi connectivity index (χ1v) is 20.6. The van der Waals surface area contributed by atoms with E-state index < -0.39 is 48.5 Å². The van der Waals surface area contributed by atoms with E-state index in [2.05, 4.69) is 10.6 Å². The molecule has 0 radical (unpaired) electrons. The molecule has 3 saturated heterocycles. The lowest BCUT2D eigenvalue weighted by atomic mass is 9.86. The van der Waals surface area contributed by atoms with Gasteiger partial charge in [-0.15, -0.1) is 11.8 Å². The minimum absolute atomic E-state index is 0.0152. The van der Waals surface area contributed by atoms with Gasteiger partial charge in [0.05, 0.1) is 11.3 Å². The summed E-state index contributed by atoms with van der Waals surface area (Å²) in [6, 6.07) is 25.3. The molecule has 2 N–H and O–H groups in total. The molecule has 0 bridgehead atoms. The van der Waals surface area contributed by atoms with E-state index in [0.29, 0.717) is 50.8 Å². The van der Waals surface area contributed by atoms with E-state index in [9.17, 15) is 32.3 Å². The summed E-state index contributed by atoms with van der Waals surface area (Å²) in [6.07, 6.45) is -0.270. The maximum absolute atomic E-state index is 14.2. The quantitative estimate of drug-likeness (QED) is 0.202. The van der Waals surface area contributed by atoms with E-state index in [1.165, 1.54) is 16.7 Å². The second-order valence-corrected chi connectivity index (χ2v) is 16.5. The van der Waals surface area contributed by atoms with Crippen LogP contribution >= 0.6 is 11.8 Å². The highest BCUT2D eigenvalue weighted by molar-refractivity contribution is 7.99. The summed E-state index contributed by atoms with van der Waals surface area (Å²) in [7, 11) is 0. The molecular formula is C43H51F3N4O4S. The fraction of sp³-hybridized carbons (Fsp3) is 0.488. The Hall–Kier alpha value is -4.32. The number of benzene rings is 3. The number of hydrogen-bond acceptors (Lipinski definition) is 5. The number of alkyl halides is 3. The van der Waals surface area contributed by atoms with E-state index in [-0.39, 0.29) is 35.9 Å². The zero-order chi connectivity index (χ0) is 39.0. The number of amides is 4. The van der Waals surface area contributed by atoms with Crippen LogP contribution in [0.3, 0.4) is 0 Å². The molecule has 4 amide bonds. The number of anilines is 1. The lowest BCUT2D eigenvalue weighted by Gasteiger charge is -2.39. The number of para-hydroxylation sites is 1. The van der Waals surface area contributed by atoms with Crippen molar-refractivity contribution in [2.24, 2.45) is 17.8 Å². The second kappa shape index (κ2) is 18.5. The SMILES string of the molecule is Cc1ccccc1N1CCCC[C@H](NC(=O)C(CCC(Cc2ccccc2)C(=O)N[C@H]2CCS[C@H]3CC[C@@H](C(F)(F)F)CN3C2=O)Cc2ccccc2)C1=O. The van der Waals surface area contributed by atoms with E-state index in [0.717, 1.165) is 35.2 Å². The van der Waals surface area contributed by atoms with Crippen molar-refractivity contribution in [1.82, 2.24) is 15.5 Å². The molecule has 8 nitrogen and oxygen atoms in total. The number of hydrogen-bond donors (Lipinski definition) is 2. The Labute approximate surface area is 326 Å². The topological polar surface area (TPSA) is 98.8 Å². The zero-order valence-corrected chi connectivity index (χ0v) is 32.1. The van der Waals surface area contributed by atoms with Crippen molar-refractivity contribution in [3.8, 4) is 0 Å². The average Bonchev–Trinajstić information content (AvgIpc) is 3.45. The Morgan fingerprint density at radius 2 is 1.31 bits per heavy atom. The van der Waals surface area contributed by atoms with Crippen LogP contribution in [0.5, 0.6) is 0 Å². The number of carbonyl (C=O) groups excluding carboxylic acids is 4. The van der Waals surface area contributed by atoms with Gasteiger partial charge in [-0.1, -0.05) is 78.9 Å². The molecule has 6 atom stereocenters. The van der Waals surface area contributed by atoms with Crippen LogP contribution in [0, 0.1) is 24.7 Å². The monoisotopic (exact) mass is 776 g/mol. The van der Waals surface area contributed by atoms with E-state index in [1.807, 2.05) is 91.9 Å². The normalized spacial score (nSPS) is 23.2. The van der Waals surface area contributed by atoms with Gasteiger partial charge in [0, 0.05) is 30.6 Å². The van der Waals surface area contributed by atoms with Gasteiger partial charge in [-0.05, 0) is 99.6 Å². The van der Waals surface area contributed by atoms with Crippen LogP contribution in [-0.4, -0.2) is 71.0 Å². The van der Waals surface area contributed by atoms with Crippen LogP contribution in [0.25, 0.3) is 0 Å². The maximum atomic E-state index is 14.2. The number of aryl methyl sites for hydroxylation is 1. The highest BCUT2D eigenvalue weighted by Crippen LogP contribution is 2.40. The van der Waals surface area contributed by atoms with Crippen LogP contribution in [0.15, 0.2) is 84.9 Å². The summed E-state index contributed by atoms with van der Waals surface area (Å²) < 4.78 is 41.1. The Bertz CT molecular complexity index is 1780. The van der Waals surface area contributed by atoms with Crippen molar-refractivity contribution in [3.05, 3.63) is 102 Å². The Morgan fingerprint density at radius 3 is 1.89 bits per heavy atom. The highest BCUT2D eigenvalue weighted by atomic mass is 32.2. The number of thioether (sulfide) groups is 1. The van der Waals surface area contributed by atoms with Crippen molar-refractivity contribution in [2.45, 2.75) is 94.8 Å². The Kier molecular flexibility index (Phi) is 13.6. The van der Waals surface area contributed by atoms with Gasteiger partial charge in [-0.3, -0.25) is 19.2 Å². The number of piperidine rings is 1. The van der Waals surface area contributed by atoms with Crippen LogP contribution < -0.4 is 15.5 Å². The van der Waals surface area contributed by atoms with Gasteiger partial charge in [-0.2, -0.15) is 13.2 Å². The zero-order valence-electron chi connectivity index (χ0n) is 31.3. The molecule has 6 rings (SSSR count).